The van der Waals surface area contributed by atoms with Gasteiger partial charge in [-0.25, -0.2) is 4.79 Å². The zero-order valence-electron chi connectivity index (χ0n) is 8.99. The van der Waals surface area contributed by atoms with Crippen LogP contribution >= 0.6 is 11.8 Å². The second-order valence-corrected chi connectivity index (χ2v) is 3.76. The van der Waals surface area contributed by atoms with E-state index in [0.29, 0.717) is 0 Å². The molecule has 0 saturated heterocycles. The van der Waals surface area contributed by atoms with Crippen molar-refractivity contribution in [1.82, 2.24) is 0 Å². The summed E-state index contributed by atoms with van der Waals surface area (Å²) in [5.74, 6) is -1.55. The molecule has 0 heterocycles. The number of benzene rings is 1. The minimum atomic E-state index is -1.20. The molecule has 0 spiro atoms. The van der Waals surface area contributed by atoms with Gasteiger partial charge in [0, 0.05) is 5.56 Å². The van der Waals surface area contributed by atoms with Crippen molar-refractivity contribution in [3.8, 4) is 5.75 Å². The van der Waals surface area contributed by atoms with Crippen molar-refractivity contribution in [1.29, 1.82) is 0 Å². The summed E-state index contributed by atoms with van der Waals surface area (Å²) in [5, 5.41) is 25.9. The number of para-hydroxylation sites is 1. The van der Waals surface area contributed by atoms with Gasteiger partial charge < -0.3 is 15.9 Å². The van der Waals surface area contributed by atoms with Gasteiger partial charge in [0.1, 0.15) is 11.3 Å². The maximum absolute atomic E-state index is 10.7. The molecule has 0 aromatic heterocycles. The molecule has 7 heteroatoms. The van der Waals surface area contributed by atoms with E-state index < -0.39 is 5.97 Å². The smallest absolute Gasteiger partial charge is 0.339 e. The molecule has 0 unspecified atom stereocenters. The molecule has 1 aromatic rings. The average molecular weight is 253 g/mol. The molecule has 1 rings (SSSR count). The summed E-state index contributed by atoms with van der Waals surface area (Å²) in [6, 6.07) is 4.33. The van der Waals surface area contributed by atoms with Crippen LogP contribution in [-0.2, 0) is 0 Å². The Bertz CT molecular complexity index is 486. The normalized spacial score (nSPS) is 11.9. The molecule has 0 radical (unpaired) electrons. The number of thioether (sulfide) groups is 1. The fourth-order valence-corrected chi connectivity index (χ4v) is 1.16. The molecule has 0 atom stereocenters. The monoisotopic (exact) mass is 253 g/mol. The van der Waals surface area contributed by atoms with Crippen LogP contribution in [0, 0.1) is 0 Å². The zero-order valence-corrected chi connectivity index (χ0v) is 9.81. The molecule has 0 aliphatic carbocycles. The maximum Gasteiger partial charge on any atom is 0.339 e. The highest BCUT2D eigenvalue weighted by molar-refractivity contribution is 8.13. The molecule has 4 N–H and O–H groups in total. The Labute approximate surface area is 102 Å². The Morgan fingerprint density at radius 3 is 2.82 bits per heavy atom. The van der Waals surface area contributed by atoms with E-state index >= 15 is 0 Å². The fraction of sp³-hybridized carbons (Fsp3) is 0.100. The van der Waals surface area contributed by atoms with Crippen LogP contribution in [0.3, 0.4) is 0 Å². The third kappa shape index (κ3) is 3.49. The van der Waals surface area contributed by atoms with E-state index in [1.54, 1.807) is 6.26 Å². The Balaban J connectivity index is 3.00. The topological polar surface area (TPSA) is 108 Å². The molecule has 0 saturated carbocycles. The molecular formula is C10H11N3O3S. The van der Waals surface area contributed by atoms with Crippen LogP contribution in [0.2, 0.25) is 0 Å². The van der Waals surface area contributed by atoms with Crippen molar-refractivity contribution in [2.75, 3.05) is 6.26 Å². The van der Waals surface area contributed by atoms with Gasteiger partial charge in [0.2, 0.25) is 0 Å². The van der Waals surface area contributed by atoms with Crippen molar-refractivity contribution in [3.05, 3.63) is 29.3 Å². The molecule has 0 bridgehead atoms. The van der Waals surface area contributed by atoms with Gasteiger partial charge in [0.15, 0.2) is 5.17 Å². The number of phenols is 1. The minimum absolute atomic E-state index is 0.184. The number of nitrogens with two attached hydrogens (primary N) is 1. The van der Waals surface area contributed by atoms with Crippen molar-refractivity contribution in [2.45, 2.75) is 0 Å². The SMILES string of the molecule is CS/C(N)=N\N=C\c1cccc(C(=O)O)c1O. The number of carboxylic acid groups (broad SMARTS) is 1. The zero-order chi connectivity index (χ0) is 12.8. The predicted octanol–water partition coefficient (Wildman–Crippen LogP) is 1.10. The summed E-state index contributed by atoms with van der Waals surface area (Å²) in [7, 11) is 0. The highest BCUT2D eigenvalue weighted by Crippen LogP contribution is 2.20. The summed E-state index contributed by atoms with van der Waals surface area (Å²) in [4.78, 5) is 10.7. The molecule has 6 nitrogen and oxygen atoms in total. The van der Waals surface area contributed by atoms with Crippen LogP contribution in [-0.4, -0.2) is 33.8 Å². The van der Waals surface area contributed by atoms with Crippen molar-refractivity contribution < 1.29 is 15.0 Å². The Morgan fingerprint density at radius 2 is 2.24 bits per heavy atom. The van der Waals surface area contributed by atoms with Gasteiger partial charge in [-0.15, -0.1) is 5.10 Å². The number of rotatable bonds is 3. The largest absolute Gasteiger partial charge is 0.506 e. The van der Waals surface area contributed by atoms with Crippen LogP contribution < -0.4 is 5.73 Å². The molecule has 90 valence electrons. The van der Waals surface area contributed by atoms with Crippen LogP contribution in [0.1, 0.15) is 15.9 Å². The van der Waals surface area contributed by atoms with Gasteiger partial charge in [-0.3, -0.25) is 0 Å². The number of aromatic carboxylic acids is 1. The summed E-state index contributed by atoms with van der Waals surface area (Å²) >= 11 is 1.23. The first-order chi connectivity index (χ1) is 8.06. The van der Waals surface area contributed by atoms with Gasteiger partial charge in [-0.2, -0.15) is 5.10 Å². The number of amidine groups is 1. The van der Waals surface area contributed by atoms with E-state index in [1.807, 2.05) is 0 Å². The first kappa shape index (κ1) is 13.0. The van der Waals surface area contributed by atoms with Crippen molar-refractivity contribution >= 4 is 29.1 Å². The van der Waals surface area contributed by atoms with Crippen molar-refractivity contribution in [3.63, 3.8) is 0 Å². The number of carbonyl (C=O) groups is 1. The molecule has 1 aromatic carbocycles. The lowest BCUT2D eigenvalue weighted by molar-refractivity contribution is 0.0693. The van der Waals surface area contributed by atoms with E-state index in [2.05, 4.69) is 10.2 Å². The second-order valence-electron chi connectivity index (χ2n) is 2.94. The first-order valence-corrected chi connectivity index (χ1v) is 5.74. The van der Waals surface area contributed by atoms with Crippen LogP contribution in [0.4, 0.5) is 0 Å². The van der Waals surface area contributed by atoms with Gasteiger partial charge in [0.05, 0.1) is 6.21 Å². The number of hydrogen-bond acceptors (Lipinski definition) is 5. The number of hydrogen-bond donors (Lipinski definition) is 3. The molecule has 17 heavy (non-hydrogen) atoms. The highest BCUT2D eigenvalue weighted by Gasteiger charge is 2.11. The quantitative estimate of drug-likeness (QED) is 0.424. The lowest BCUT2D eigenvalue weighted by Crippen LogP contribution is -2.04. The number of nitrogens with zero attached hydrogens (tertiary/aromatic N) is 2. The minimum Gasteiger partial charge on any atom is -0.506 e. The molecule has 0 aliphatic rings. The first-order valence-electron chi connectivity index (χ1n) is 4.52. The molecule has 0 amide bonds. The van der Waals surface area contributed by atoms with E-state index in [4.69, 9.17) is 10.8 Å². The van der Waals surface area contributed by atoms with Crippen LogP contribution in [0.5, 0.6) is 5.75 Å². The maximum atomic E-state index is 10.7. The summed E-state index contributed by atoms with van der Waals surface area (Å²) in [6.45, 7) is 0. The van der Waals surface area contributed by atoms with E-state index in [0.717, 1.165) is 0 Å². The lowest BCUT2D eigenvalue weighted by atomic mass is 10.1. The van der Waals surface area contributed by atoms with Gasteiger partial charge in [0.25, 0.3) is 0 Å². The average Bonchev–Trinajstić information content (AvgIpc) is 2.30. The number of aromatic hydroxyl groups is 1. The Kier molecular flexibility index (Phi) is 4.53. The summed E-state index contributed by atoms with van der Waals surface area (Å²) in [5.41, 5.74) is 5.48. The van der Waals surface area contributed by atoms with E-state index in [9.17, 15) is 9.90 Å². The summed E-state index contributed by atoms with van der Waals surface area (Å²) < 4.78 is 0. The standard InChI is InChI=1S/C10H11N3O3S/c1-17-10(11)13-12-5-6-3-2-4-7(8(6)14)9(15)16/h2-5,14H,1H3,(H2,11,13)(H,15,16)/b12-5+. The van der Waals surface area contributed by atoms with Gasteiger partial charge in [-0.05, 0) is 18.4 Å². The number of carboxylic acids is 1. The van der Waals surface area contributed by atoms with Gasteiger partial charge in [-0.1, -0.05) is 17.8 Å². The Morgan fingerprint density at radius 1 is 1.53 bits per heavy atom. The predicted molar refractivity (Wildman–Crippen MR) is 67.8 cm³/mol. The lowest BCUT2D eigenvalue weighted by Gasteiger charge is -2.01. The third-order valence-corrected chi connectivity index (χ3v) is 2.36. The molecular weight excluding hydrogens is 242 g/mol. The van der Waals surface area contributed by atoms with Crippen LogP contribution in [0.25, 0.3) is 0 Å². The molecule has 0 fully saturated rings. The van der Waals surface area contributed by atoms with E-state index in [-0.39, 0.29) is 22.0 Å². The van der Waals surface area contributed by atoms with Crippen LogP contribution in [0.15, 0.2) is 28.4 Å². The third-order valence-electron chi connectivity index (χ3n) is 1.86. The highest BCUT2D eigenvalue weighted by atomic mass is 32.2. The van der Waals surface area contributed by atoms with Gasteiger partial charge >= 0.3 is 5.97 Å². The van der Waals surface area contributed by atoms with E-state index in [1.165, 1.54) is 36.2 Å². The van der Waals surface area contributed by atoms with Crippen molar-refractivity contribution in [2.24, 2.45) is 15.9 Å². The second kappa shape index (κ2) is 5.90. The Hall–Kier alpha value is -2.02. The summed E-state index contributed by atoms with van der Waals surface area (Å²) in [6.07, 6.45) is 2.99. The fourth-order valence-electron chi connectivity index (χ4n) is 1.03. The molecule has 0 aliphatic heterocycles.